The lowest BCUT2D eigenvalue weighted by atomic mass is 10.1. The van der Waals surface area contributed by atoms with E-state index in [1.807, 2.05) is 0 Å². The molecule has 1 heterocycles. The Bertz CT molecular complexity index is 1560. The number of nitrogens with one attached hydrogen (secondary N) is 1. The number of carbonyl (C=O) groups excluding carboxylic acids is 1. The van der Waals surface area contributed by atoms with Crippen LogP contribution in [0.3, 0.4) is 0 Å². The molecule has 4 rings (SSSR count). The van der Waals surface area contributed by atoms with Gasteiger partial charge < -0.3 is 23.9 Å². The number of rotatable bonds is 7. The van der Waals surface area contributed by atoms with E-state index in [2.05, 4.69) is 5.32 Å². The molecule has 3 aromatic carbocycles. The molecule has 11 heteroatoms. The number of fused-ring (bicyclic) bond motifs is 1. The molecular formula is C25H19ClN2O8. The van der Waals surface area contributed by atoms with Crippen molar-refractivity contribution in [3.63, 3.8) is 0 Å². The lowest BCUT2D eigenvalue weighted by molar-refractivity contribution is -0.384. The van der Waals surface area contributed by atoms with Crippen molar-refractivity contribution >= 4 is 39.9 Å². The summed E-state index contributed by atoms with van der Waals surface area (Å²) in [7, 11) is 4.29. The molecule has 4 aromatic rings. The Balaban J connectivity index is 1.73. The molecule has 184 valence electrons. The van der Waals surface area contributed by atoms with Crippen molar-refractivity contribution in [3.8, 4) is 28.6 Å². The lowest BCUT2D eigenvalue weighted by Crippen LogP contribution is -2.13. The molecule has 0 aliphatic heterocycles. The van der Waals surface area contributed by atoms with Crippen molar-refractivity contribution in [3.05, 3.63) is 85.5 Å². The highest BCUT2D eigenvalue weighted by Gasteiger charge is 2.21. The Labute approximate surface area is 209 Å². The van der Waals surface area contributed by atoms with Gasteiger partial charge in [0.25, 0.3) is 11.6 Å². The highest BCUT2D eigenvalue weighted by molar-refractivity contribution is 6.34. The maximum absolute atomic E-state index is 13.0. The molecule has 0 saturated carbocycles. The minimum atomic E-state index is -0.637. The average molecular weight is 511 g/mol. The van der Waals surface area contributed by atoms with Gasteiger partial charge in [-0.15, -0.1) is 0 Å². The molecule has 0 unspecified atom stereocenters. The second-order valence-corrected chi connectivity index (χ2v) is 7.86. The number of anilines is 1. The largest absolute Gasteiger partial charge is 0.493 e. The SMILES string of the molecule is COc1cc2oc(-c3cccc(NC(=O)c4cc([N+](=O)[O-])ccc4Cl)c3)cc(=O)c2c(OC)c1OC. The standard InChI is InChI=1S/C25H19ClN2O8/c1-33-21-12-20-22(24(35-3)23(21)34-2)18(29)11-19(36-20)13-5-4-6-14(9-13)27-25(30)16-10-15(28(31)32)7-8-17(16)26/h4-12H,1-3H3,(H,27,30). The molecule has 0 aliphatic carbocycles. The van der Waals surface area contributed by atoms with Crippen LogP contribution in [0.1, 0.15) is 10.4 Å². The van der Waals surface area contributed by atoms with E-state index in [1.54, 1.807) is 24.3 Å². The summed E-state index contributed by atoms with van der Waals surface area (Å²) in [4.78, 5) is 36.2. The molecule has 0 fully saturated rings. The Kier molecular flexibility index (Phi) is 6.80. The summed E-state index contributed by atoms with van der Waals surface area (Å²) < 4.78 is 22.1. The van der Waals surface area contributed by atoms with Gasteiger partial charge in [-0.1, -0.05) is 23.7 Å². The van der Waals surface area contributed by atoms with Gasteiger partial charge in [0.1, 0.15) is 16.7 Å². The first-order chi connectivity index (χ1) is 17.3. The van der Waals surface area contributed by atoms with E-state index in [9.17, 15) is 19.7 Å². The highest BCUT2D eigenvalue weighted by atomic mass is 35.5. The number of non-ortho nitro benzene ring substituents is 1. The molecule has 0 saturated heterocycles. The number of nitrogens with zero attached hydrogens (tertiary/aromatic N) is 1. The summed E-state index contributed by atoms with van der Waals surface area (Å²) in [5.74, 6) is 0.352. The van der Waals surface area contributed by atoms with Crippen molar-refractivity contribution in [1.82, 2.24) is 0 Å². The third kappa shape index (κ3) is 4.53. The quantitative estimate of drug-likeness (QED) is 0.262. The number of carbonyl (C=O) groups is 1. The van der Waals surface area contributed by atoms with Crippen LogP contribution < -0.4 is 25.0 Å². The summed E-state index contributed by atoms with van der Waals surface area (Å²) >= 11 is 6.07. The van der Waals surface area contributed by atoms with Gasteiger partial charge in [0.15, 0.2) is 16.9 Å². The zero-order valence-electron chi connectivity index (χ0n) is 19.3. The van der Waals surface area contributed by atoms with E-state index in [4.69, 9.17) is 30.2 Å². The van der Waals surface area contributed by atoms with Crippen LogP contribution in [0.15, 0.2) is 63.8 Å². The van der Waals surface area contributed by atoms with Gasteiger partial charge in [-0.05, 0) is 18.2 Å². The Morgan fingerprint density at radius 1 is 1.00 bits per heavy atom. The molecule has 10 nitrogen and oxygen atoms in total. The first-order valence-electron chi connectivity index (χ1n) is 10.4. The fraction of sp³-hybridized carbons (Fsp3) is 0.120. The van der Waals surface area contributed by atoms with E-state index in [0.29, 0.717) is 17.0 Å². The number of halogens is 1. The van der Waals surface area contributed by atoms with E-state index < -0.39 is 10.8 Å². The summed E-state index contributed by atoms with van der Waals surface area (Å²) in [5.41, 5.74) is 0.366. The number of benzene rings is 3. The minimum absolute atomic E-state index is 0.0540. The van der Waals surface area contributed by atoms with Crippen LogP contribution in [0.4, 0.5) is 11.4 Å². The third-order valence-corrected chi connectivity index (χ3v) is 5.66. The Morgan fingerprint density at radius 3 is 2.42 bits per heavy atom. The van der Waals surface area contributed by atoms with E-state index in [0.717, 1.165) is 6.07 Å². The number of amides is 1. The molecule has 0 aliphatic rings. The van der Waals surface area contributed by atoms with Gasteiger partial charge in [0.2, 0.25) is 5.75 Å². The van der Waals surface area contributed by atoms with E-state index in [1.165, 1.54) is 45.6 Å². The average Bonchev–Trinajstić information content (AvgIpc) is 2.87. The van der Waals surface area contributed by atoms with Crippen molar-refractivity contribution < 1.29 is 28.3 Å². The number of hydrogen-bond donors (Lipinski definition) is 1. The molecule has 1 N–H and O–H groups in total. The Hall–Kier alpha value is -4.57. The monoisotopic (exact) mass is 510 g/mol. The molecule has 0 bridgehead atoms. The van der Waals surface area contributed by atoms with Crippen LogP contribution in [0.2, 0.25) is 5.02 Å². The highest BCUT2D eigenvalue weighted by Crippen LogP contribution is 2.42. The lowest BCUT2D eigenvalue weighted by Gasteiger charge is -2.14. The third-order valence-electron chi connectivity index (χ3n) is 5.33. The summed E-state index contributed by atoms with van der Waals surface area (Å²) in [5, 5.41) is 14.0. The van der Waals surface area contributed by atoms with Crippen molar-refractivity contribution in [2.45, 2.75) is 0 Å². The molecule has 0 spiro atoms. The maximum atomic E-state index is 13.0. The van der Waals surface area contributed by atoms with Crippen molar-refractivity contribution in [1.29, 1.82) is 0 Å². The van der Waals surface area contributed by atoms with Gasteiger partial charge in [0.05, 0.1) is 36.8 Å². The zero-order valence-corrected chi connectivity index (χ0v) is 20.0. The first kappa shape index (κ1) is 24.6. The maximum Gasteiger partial charge on any atom is 0.270 e. The molecule has 0 atom stereocenters. The van der Waals surface area contributed by atoms with Gasteiger partial charge >= 0.3 is 0 Å². The van der Waals surface area contributed by atoms with Gasteiger partial charge in [-0.25, -0.2) is 0 Å². The van der Waals surface area contributed by atoms with Crippen LogP contribution in [-0.2, 0) is 0 Å². The smallest absolute Gasteiger partial charge is 0.270 e. The van der Waals surface area contributed by atoms with Gasteiger partial charge in [-0.3, -0.25) is 19.7 Å². The number of hydrogen-bond acceptors (Lipinski definition) is 8. The molecular weight excluding hydrogens is 492 g/mol. The van der Waals surface area contributed by atoms with Gasteiger partial charge in [0, 0.05) is 35.5 Å². The van der Waals surface area contributed by atoms with Crippen LogP contribution in [0.25, 0.3) is 22.3 Å². The Morgan fingerprint density at radius 2 is 1.75 bits per heavy atom. The number of ether oxygens (including phenoxy) is 3. The summed E-state index contributed by atoms with van der Waals surface area (Å²) in [6.45, 7) is 0. The molecule has 1 aromatic heterocycles. The predicted molar refractivity (Wildman–Crippen MR) is 134 cm³/mol. The van der Waals surface area contributed by atoms with E-state index in [-0.39, 0.29) is 49.9 Å². The van der Waals surface area contributed by atoms with Crippen LogP contribution >= 0.6 is 11.6 Å². The van der Waals surface area contributed by atoms with Crippen LogP contribution in [0, 0.1) is 10.1 Å². The minimum Gasteiger partial charge on any atom is -0.493 e. The first-order valence-corrected chi connectivity index (χ1v) is 10.8. The van der Waals surface area contributed by atoms with Gasteiger partial charge in [-0.2, -0.15) is 0 Å². The molecule has 1 amide bonds. The van der Waals surface area contributed by atoms with E-state index >= 15 is 0 Å². The normalized spacial score (nSPS) is 10.7. The number of methoxy groups -OCH3 is 3. The second-order valence-electron chi connectivity index (χ2n) is 7.45. The van der Waals surface area contributed by atoms with Crippen LogP contribution in [0.5, 0.6) is 17.2 Å². The summed E-state index contributed by atoms with van der Waals surface area (Å²) in [6.07, 6.45) is 0. The topological polar surface area (TPSA) is 130 Å². The second kappa shape index (κ2) is 9.96. The van der Waals surface area contributed by atoms with Crippen LogP contribution in [-0.4, -0.2) is 32.2 Å². The number of nitro groups is 1. The fourth-order valence-corrected chi connectivity index (χ4v) is 3.88. The predicted octanol–water partition coefficient (Wildman–Crippen LogP) is 5.30. The zero-order chi connectivity index (χ0) is 26.0. The van der Waals surface area contributed by atoms with Crippen molar-refractivity contribution in [2.75, 3.05) is 26.6 Å². The molecule has 0 radical (unpaired) electrons. The number of nitro benzene ring substituents is 1. The van der Waals surface area contributed by atoms with Crippen molar-refractivity contribution in [2.24, 2.45) is 0 Å². The summed E-state index contributed by atoms with van der Waals surface area (Å²) in [6, 6.07) is 13.0. The molecule has 36 heavy (non-hydrogen) atoms. The fourth-order valence-electron chi connectivity index (χ4n) is 3.68.